The Labute approximate surface area is 141 Å². The number of nitrogens with one attached hydrogen (secondary N) is 1. The number of aryl methyl sites for hydroxylation is 1. The van der Waals surface area contributed by atoms with Gasteiger partial charge in [0.2, 0.25) is 5.89 Å². The van der Waals surface area contributed by atoms with Crippen LogP contribution in [0.2, 0.25) is 10.0 Å². The Kier molecular flexibility index (Phi) is 4.31. The quantitative estimate of drug-likeness (QED) is 0.777. The van der Waals surface area contributed by atoms with E-state index in [0.29, 0.717) is 27.8 Å². The molecule has 0 unspecified atom stereocenters. The molecule has 1 N–H and O–H groups in total. The molecule has 0 bridgehead atoms. The molecule has 0 fully saturated rings. The van der Waals surface area contributed by atoms with E-state index in [9.17, 15) is 4.79 Å². The van der Waals surface area contributed by atoms with E-state index in [1.54, 1.807) is 35.1 Å². The molecule has 118 valence electrons. The molecule has 0 aliphatic heterocycles. The van der Waals surface area contributed by atoms with Gasteiger partial charge in [-0.1, -0.05) is 28.3 Å². The molecular formula is C14H11Cl2N5O2. The molecule has 3 rings (SSSR count). The standard InChI is InChI=1S/C14H11Cl2N5O2/c1-2-21-11(3-4-17-21)12(22)18-14-20-19-13(23-14)8-5-9(15)7-10(16)6-8/h3-7H,2H2,1H3,(H,18,20,22). The number of nitrogens with zero attached hydrogens (tertiary/aromatic N) is 4. The van der Waals surface area contributed by atoms with Crippen molar-refractivity contribution in [2.45, 2.75) is 13.5 Å². The summed E-state index contributed by atoms with van der Waals surface area (Å²) in [7, 11) is 0. The maximum absolute atomic E-state index is 12.2. The number of rotatable bonds is 4. The van der Waals surface area contributed by atoms with Crippen molar-refractivity contribution in [1.82, 2.24) is 20.0 Å². The summed E-state index contributed by atoms with van der Waals surface area (Å²) in [6.07, 6.45) is 1.55. The fraction of sp³-hybridized carbons (Fsp3) is 0.143. The van der Waals surface area contributed by atoms with Crippen LogP contribution in [0.25, 0.3) is 11.5 Å². The molecule has 7 nitrogen and oxygen atoms in total. The molecule has 1 amide bonds. The van der Waals surface area contributed by atoms with E-state index in [-0.39, 0.29) is 17.8 Å². The van der Waals surface area contributed by atoms with E-state index in [1.807, 2.05) is 6.92 Å². The molecule has 0 aliphatic rings. The lowest BCUT2D eigenvalue weighted by molar-refractivity contribution is 0.101. The molecule has 2 aromatic heterocycles. The number of hydrogen-bond donors (Lipinski definition) is 1. The Hall–Kier alpha value is -2.38. The minimum absolute atomic E-state index is 0.0232. The Morgan fingerprint density at radius 3 is 2.70 bits per heavy atom. The number of hydrogen-bond acceptors (Lipinski definition) is 5. The molecule has 0 spiro atoms. The van der Waals surface area contributed by atoms with Gasteiger partial charge in [0, 0.05) is 28.4 Å². The van der Waals surface area contributed by atoms with Gasteiger partial charge >= 0.3 is 6.01 Å². The molecule has 1 aromatic carbocycles. The first-order valence-corrected chi connectivity index (χ1v) is 7.45. The predicted molar refractivity (Wildman–Crippen MR) is 85.6 cm³/mol. The number of benzene rings is 1. The third kappa shape index (κ3) is 3.35. The molecule has 23 heavy (non-hydrogen) atoms. The normalized spacial score (nSPS) is 10.7. The van der Waals surface area contributed by atoms with Crippen molar-refractivity contribution in [3.8, 4) is 11.5 Å². The molecule has 0 saturated carbocycles. The number of aromatic nitrogens is 4. The predicted octanol–water partition coefficient (Wildman–Crippen LogP) is 3.51. The zero-order valence-corrected chi connectivity index (χ0v) is 13.5. The van der Waals surface area contributed by atoms with Gasteiger partial charge in [0.05, 0.1) is 0 Å². The maximum atomic E-state index is 12.2. The van der Waals surface area contributed by atoms with Crippen LogP contribution in [0.15, 0.2) is 34.9 Å². The van der Waals surface area contributed by atoms with E-state index in [1.165, 1.54) is 0 Å². The van der Waals surface area contributed by atoms with Crippen LogP contribution in [0, 0.1) is 0 Å². The van der Waals surface area contributed by atoms with Crippen molar-refractivity contribution in [2.24, 2.45) is 0 Å². The highest BCUT2D eigenvalue weighted by Crippen LogP contribution is 2.27. The van der Waals surface area contributed by atoms with Crippen LogP contribution in [0.3, 0.4) is 0 Å². The van der Waals surface area contributed by atoms with Gasteiger partial charge in [-0.3, -0.25) is 14.8 Å². The Morgan fingerprint density at radius 2 is 2.00 bits per heavy atom. The second-order valence-electron chi connectivity index (χ2n) is 4.56. The fourth-order valence-corrected chi connectivity index (χ4v) is 2.53. The van der Waals surface area contributed by atoms with Gasteiger partial charge in [0.25, 0.3) is 5.91 Å². The summed E-state index contributed by atoms with van der Waals surface area (Å²) in [6.45, 7) is 2.46. The molecule has 2 heterocycles. The van der Waals surface area contributed by atoms with Gasteiger partial charge in [-0.15, -0.1) is 5.10 Å². The van der Waals surface area contributed by atoms with E-state index in [4.69, 9.17) is 27.6 Å². The topological polar surface area (TPSA) is 85.8 Å². The third-order valence-electron chi connectivity index (χ3n) is 3.00. The molecule has 0 aliphatic carbocycles. The first kappa shape index (κ1) is 15.5. The average molecular weight is 352 g/mol. The number of carbonyl (C=O) groups excluding carboxylic acids is 1. The Bertz CT molecular complexity index is 838. The lowest BCUT2D eigenvalue weighted by Crippen LogP contribution is -2.17. The SMILES string of the molecule is CCn1nccc1C(=O)Nc1nnc(-c2cc(Cl)cc(Cl)c2)o1. The minimum Gasteiger partial charge on any atom is -0.403 e. The van der Waals surface area contributed by atoms with Crippen LogP contribution in [0.4, 0.5) is 6.01 Å². The molecule has 0 radical (unpaired) electrons. The summed E-state index contributed by atoms with van der Waals surface area (Å²) < 4.78 is 6.98. The van der Waals surface area contributed by atoms with Gasteiger partial charge < -0.3 is 4.42 Å². The lowest BCUT2D eigenvalue weighted by Gasteiger charge is -2.03. The van der Waals surface area contributed by atoms with Crippen LogP contribution >= 0.6 is 23.2 Å². The van der Waals surface area contributed by atoms with Gasteiger partial charge in [0.15, 0.2) is 0 Å². The van der Waals surface area contributed by atoms with E-state index in [0.717, 1.165) is 0 Å². The number of anilines is 1. The summed E-state index contributed by atoms with van der Waals surface area (Å²) in [6, 6.07) is 6.45. The monoisotopic (exact) mass is 351 g/mol. The number of halogens is 2. The van der Waals surface area contributed by atoms with E-state index in [2.05, 4.69) is 20.6 Å². The number of carbonyl (C=O) groups is 1. The molecule has 0 saturated heterocycles. The maximum Gasteiger partial charge on any atom is 0.322 e. The smallest absolute Gasteiger partial charge is 0.322 e. The van der Waals surface area contributed by atoms with Crippen LogP contribution in [0.1, 0.15) is 17.4 Å². The summed E-state index contributed by atoms with van der Waals surface area (Å²) in [5.74, 6) is -0.183. The number of amides is 1. The Morgan fingerprint density at radius 1 is 1.26 bits per heavy atom. The molecule has 0 atom stereocenters. The lowest BCUT2D eigenvalue weighted by atomic mass is 10.2. The van der Waals surface area contributed by atoms with Crippen molar-refractivity contribution >= 4 is 35.1 Å². The minimum atomic E-state index is -0.385. The van der Waals surface area contributed by atoms with Crippen molar-refractivity contribution in [1.29, 1.82) is 0 Å². The van der Waals surface area contributed by atoms with Crippen molar-refractivity contribution in [3.05, 3.63) is 46.2 Å². The summed E-state index contributed by atoms with van der Waals surface area (Å²) in [5.41, 5.74) is 0.965. The van der Waals surface area contributed by atoms with E-state index < -0.39 is 0 Å². The summed E-state index contributed by atoms with van der Waals surface area (Å²) >= 11 is 11.9. The highest BCUT2D eigenvalue weighted by Gasteiger charge is 2.16. The van der Waals surface area contributed by atoms with Gasteiger partial charge in [0.1, 0.15) is 5.69 Å². The average Bonchev–Trinajstić information content (AvgIpc) is 3.14. The first-order chi connectivity index (χ1) is 11.1. The zero-order chi connectivity index (χ0) is 16.4. The van der Waals surface area contributed by atoms with Crippen LogP contribution in [-0.2, 0) is 6.54 Å². The highest BCUT2D eigenvalue weighted by atomic mass is 35.5. The van der Waals surface area contributed by atoms with Gasteiger partial charge in [-0.25, -0.2) is 0 Å². The zero-order valence-electron chi connectivity index (χ0n) is 12.0. The van der Waals surface area contributed by atoms with Crippen LogP contribution in [-0.4, -0.2) is 25.9 Å². The van der Waals surface area contributed by atoms with Crippen molar-refractivity contribution < 1.29 is 9.21 Å². The third-order valence-corrected chi connectivity index (χ3v) is 3.44. The van der Waals surface area contributed by atoms with Crippen LogP contribution in [0.5, 0.6) is 0 Å². The highest BCUT2D eigenvalue weighted by molar-refractivity contribution is 6.35. The second kappa shape index (κ2) is 6.39. The Balaban J connectivity index is 1.81. The van der Waals surface area contributed by atoms with Gasteiger partial charge in [-0.2, -0.15) is 5.10 Å². The molecular weight excluding hydrogens is 341 g/mol. The van der Waals surface area contributed by atoms with E-state index >= 15 is 0 Å². The summed E-state index contributed by atoms with van der Waals surface area (Å²) in [5, 5.41) is 15.1. The second-order valence-corrected chi connectivity index (χ2v) is 5.43. The van der Waals surface area contributed by atoms with Gasteiger partial charge in [-0.05, 0) is 31.2 Å². The largest absolute Gasteiger partial charge is 0.403 e. The fourth-order valence-electron chi connectivity index (χ4n) is 2.01. The first-order valence-electron chi connectivity index (χ1n) is 6.70. The molecule has 3 aromatic rings. The summed E-state index contributed by atoms with van der Waals surface area (Å²) in [4.78, 5) is 12.2. The van der Waals surface area contributed by atoms with Crippen molar-refractivity contribution in [3.63, 3.8) is 0 Å². The van der Waals surface area contributed by atoms with Crippen molar-refractivity contribution in [2.75, 3.05) is 5.32 Å². The molecule has 9 heteroatoms. The van der Waals surface area contributed by atoms with Crippen LogP contribution < -0.4 is 5.32 Å².